The Labute approximate surface area is 78.9 Å². The number of ether oxygens (including phenoxy) is 2. The number of hydrogen-bond acceptors (Lipinski definition) is 3. The fraction of sp³-hybridized carbons (Fsp3) is 0.333. The molecule has 0 unspecified atom stereocenters. The van der Waals surface area contributed by atoms with Gasteiger partial charge in [0.15, 0.2) is 11.5 Å². The van der Waals surface area contributed by atoms with Gasteiger partial charge in [-0.2, -0.15) is 0 Å². The number of halogens is 2. The van der Waals surface area contributed by atoms with Crippen LogP contribution in [0.15, 0.2) is 12.1 Å². The Balaban J connectivity index is 2.52. The summed E-state index contributed by atoms with van der Waals surface area (Å²) >= 11 is 0. The van der Waals surface area contributed by atoms with Crippen molar-refractivity contribution in [2.24, 2.45) is 0 Å². The van der Waals surface area contributed by atoms with Gasteiger partial charge in [-0.3, -0.25) is 0 Å². The normalized spacial score (nSPS) is 14.5. The summed E-state index contributed by atoms with van der Waals surface area (Å²) in [5.74, 6) is -3.05. The molecule has 5 heteroatoms. The summed E-state index contributed by atoms with van der Waals surface area (Å²) in [4.78, 5) is 0. The van der Waals surface area contributed by atoms with E-state index in [-0.39, 0.29) is 29.6 Å². The first-order valence-electron chi connectivity index (χ1n) is 3.99. The first kappa shape index (κ1) is 9.05. The predicted molar refractivity (Wildman–Crippen MR) is 43.8 cm³/mol. The van der Waals surface area contributed by atoms with Crippen molar-refractivity contribution in [2.75, 3.05) is 6.79 Å². The molecule has 3 nitrogen and oxygen atoms in total. The van der Waals surface area contributed by atoms with Crippen LogP contribution >= 0.6 is 0 Å². The van der Waals surface area contributed by atoms with Crippen molar-refractivity contribution in [3.8, 4) is 17.2 Å². The molecule has 0 saturated carbocycles. The number of rotatable bonds is 1. The lowest BCUT2D eigenvalue weighted by Crippen LogP contribution is -2.06. The van der Waals surface area contributed by atoms with Crippen LogP contribution in [0, 0.1) is 0 Å². The van der Waals surface area contributed by atoms with Gasteiger partial charge >= 0.3 is 0 Å². The van der Waals surface area contributed by atoms with Crippen LogP contribution in [0.3, 0.4) is 0 Å². The Morgan fingerprint density at radius 3 is 2.71 bits per heavy atom. The van der Waals surface area contributed by atoms with E-state index in [2.05, 4.69) is 0 Å². The molecule has 0 bridgehead atoms. The Morgan fingerprint density at radius 1 is 1.36 bits per heavy atom. The van der Waals surface area contributed by atoms with Crippen LogP contribution in [0.5, 0.6) is 17.2 Å². The second-order valence-electron chi connectivity index (χ2n) is 3.12. The second kappa shape index (κ2) is 2.73. The minimum absolute atomic E-state index is 0.0539. The number of hydrogen-bond donors (Lipinski definition) is 1. The van der Waals surface area contributed by atoms with Crippen molar-refractivity contribution < 1.29 is 23.4 Å². The van der Waals surface area contributed by atoms with Gasteiger partial charge in [-0.1, -0.05) is 0 Å². The van der Waals surface area contributed by atoms with Crippen molar-refractivity contribution in [3.63, 3.8) is 0 Å². The number of benzene rings is 1. The topological polar surface area (TPSA) is 38.7 Å². The quantitative estimate of drug-likeness (QED) is 0.758. The predicted octanol–water partition coefficient (Wildman–Crippen LogP) is 2.23. The lowest BCUT2D eigenvalue weighted by Gasteiger charge is -2.11. The van der Waals surface area contributed by atoms with Gasteiger partial charge in [-0.05, 0) is 12.1 Å². The Kier molecular flexibility index (Phi) is 1.77. The molecule has 1 aliphatic rings. The Bertz CT molecular complexity index is 371. The van der Waals surface area contributed by atoms with Gasteiger partial charge in [-0.15, -0.1) is 0 Å². The van der Waals surface area contributed by atoms with Crippen LogP contribution < -0.4 is 9.47 Å². The third-order valence-corrected chi connectivity index (χ3v) is 1.96. The molecule has 0 aliphatic carbocycles. The fourth-order valence-electron chi connectivity index (χ4n) is 1.25. The van der Waals surface area contributed by atoms with Crippen molar-refractivity contribution in [1.82, 2.24) is 0 Å². The summed E-state index contributed by atoms with van der Waals surface area (Å²) in [6.07, 6.45) is 0. The van der Waals surface area contributed by atoms with Crippen LogP contribution in [-0.4, -0.2) is 11.9 Å². The van der Waals surface area contributed by atoms with Gasteiger partial charge in [-0.25, -0.2) is 8.78 Å². The number of fused-ring (bicyclic) bond motifs is 1. The molecule has 0 aromatic heterocycles. The number of phenolic OH excluding ortho intramolecular Hbond substituents is 1. The molecule has 2 rings (SSSR count). The molecule has 1 N–H and O–H groups in total. The first-order chi connectivity index (χ1) is 6.48. The van der Waals surface area contributed by atoms with E-state index in [1.807, 2.05) is 0 Å². The minimum atomic E-state index is -3.00. The SMILES string of the molecule is CC(F)(F)c1cc(O)c2c(c1)OCO2. The summed E-state index contributed by atoms with van der Waals surface area (Å²) in [6, 6.07) is 2.15. The molecule has 1 heterocycles. The number of aromatic hydroxyl groups is 1. The smallest absolute Gasteiger partial charge is 0.270 e. The monoisotopic (exact) mass is 202 g/mol. The number of phenols is 1. The maximum Gasteiger partial charge on any atom is 0.270 e. The molecule has 1 aromatic rings. The molecule has 0 spiro atoms. The highest BCUT2D eigenvalue weighted by Gasteiger charge is 2.29. The summed E-state index contributed by atoms with van der Waals surface area (Å²) < 4.78 is 35.6. The van der Waals surface area contributed by atoms with Gasteiger partial charge in [0.05, 0.1) is 0 Å². The van der Waals surface area contributed by atoms with Crippen LogP contribution in [0.1, 0.15) is 12.5 Å². The minimum Gasteiger partial charge on any atom is -0.504 e. The molecular weight excluding hydrogens is 194 g/mol. The zero-order valence-electron chi connectivity index (χ0n) is 7.38. The standard InChI is InChI=1S/C9H8F2O3/c1-9(10,11)5-2-6(12)8-7(3-5)13-4-14-8/h2-3,12H,4H2,1H3. The highest BCUT2D eigenvalue weighted by molar-refractivity contribution is 5.54. The van der Waals surface area contributed by atoms with E-state index in [9.17, 15) is 13.9 Å². The average molecular weight is 202 g/mol. The Morgan fingerprint density at radius 2 is 2.07 bits per heavy atom. The van der Waals surface area contributed by atoms with E-state index in [0.29, 0.717) is 0 Å². The van der Waals surface area contributed by atoms with Crippen LogP contribution in [0.4, 0.5) is 8.78 Å². The van der Waals surface area contributed by atoms with Gasteiger partial charge < -0.3 is 14.6 Å². The second-order valence-corrected chi connectivity index (χ2v) is 3.12. The van der Waals surface area contributed by atoms with E-state index >= 15 is 0 Å². The van der Waals surface area contributed by atoms with Crippen molar-refractivity contribution in [2.45, 2.75) is 12.8 Å². The third kappa shape index (κ3) is 1.34. The largest absolute Gasteiger partial charge is 0.504 e. The van der Waals surface area contributed by atoms with E-state index in [0.717, 1.165) is 13.0 Å². The summed E-state index contributed by atoms with van der Waals surface area (Å²) in [5, 5.41) is 9.34. The lowest BCUT2D eigenvalue weighted by atomic mass is 10.1. The molecule has 1 aliphatic heterocycles. The number of alkyl halides is 2. The van der Waals surface area contributed by atoms with Crippen LogP contribution in [0.2, 0.25) is 0 Å². The molecule has 0 amide bonds. The van der Waals surface area contributed by atoms with Crippen LogP contribution in [0.25, 0.3) is 0 Å². The molecular formula is C9H8F2O3. The van der Waals surface area contributed by atoms with E-state index in [1.165, 1.54) is 6.07 Å². The fourth-order valence-corrected chi connectivity index (χ4v) is 1.25. The molecule has 0 fully saturated rings. The third-order valence-electron chi connectivity index (χ3n) is 1.96. The molecule has 1 aromatic carbocycles. The maximum atomic E-state index is 12.9. The van der Waals surface area contributed by atoms with Gasteiger partial charge in [0.25, 0.3) is 5.92 Å². The zero-order chi connectivity index (χ0) is 10.3. The van der Waals surface area contributed by atoms with E-state index in [1.54, 1.807) is 0 Å². The molecule has 0 radical (unpaired) electrons. The van der Waals surface area contributed by atoms with E-state index in [4.69, 9.17) is 9.47 Å². The average Bonchev–Trinajstić information content (AvgIpc) is 2.50. The summed E-state index contributed by atoms with van der Waals surface area (Å²) in [6.45, 7) is 0.700. The first-order valence-corrected chi connectivity index (χ1v) is 3.99. The van der Waals surface area contributed by atoms with Crippen molar-refractivity contribution >= 4 is 0 Å². The van der Waals surface area contributed by atoms with Crippen molar-refractivity contribution in [1.29, 1.82) is 0 Å². The molecule has 14 heavy (non-hydrogen) atoms. The van der Waals surface area contributed by atoms with Gasteiger partial charge in [0.1, 0.15) is 0 Å². The highest BCUT2D eigenvalue weighted by Crippen LogP contribution is 2.44. The molecule has 0 saturated heterocycles. The lowest BCUT2D eigenvalue weighted by molar-refractivity contribution is 0.0171. The maximum absolute atomic E-state index is 12.9. The summed E-state index contributed by atoms with van der Waals surface area (Å²) in [7, 11) is 0. The van der Waals surface area contributed by atoms with Gasteiger partial charge in [0, 0.05) is 12.5 Å². The molecule has 76 valence electrons. The molecule has 0 atom stereocenters. The van der Waals surface area contributed by atoms with Crippen LogP contribution in [-0.2, 0) is 5.92 Å². The van der Waals surface area contributed by atoms with E-state index < -0.39 is 5.92 Å². The zero-order valence-corrected chi connectivity index (χ0v) is 7.38. The van der Waals surface area contributed by atoms with Gasteiger partial charge in [0.2, 0.25) is 12.5 Å². The summed E-state index contributed by atoms with van der Waals surface area (Å²) in [5.41, 5.74) is -0.292. The Hall–Kier alpha value is -1.52. The van der Waals surface area contributed by atoms with Crippen molar-refractivity contribution in [3.05, 3.63) is 17.7 Å². The highest BCUT2D eigenvalue weighted by atomic mass is 19.3.